The molecule has 0 bridgehead atoms. The minimum Gasteiger partial charge on any atom is -0.348 e. The van der Waals surface area contributed by atoms with Crippen molar-refractivity contribution >= 4 is 46.0 Å². The van der Waals surface area contributed by atoms with Crippen LogP contribution in [-0.2, 0) is 6.54 Å². The molecule has 0 aliphatic rings. The molecule has 0 unspecified atom stereocenters. The van der Waals surface area contributed by atoms with Gasteiger partial charge >= 0.3 is 0 Å². The normalized spacial score (nSPS) is 11.9. The SMILES string of the molecule is Cc1ncc(CNC(=O)c2cc(N(N)/C(=N\N)C(F)F)c3ncc(-c4ccc(Cl)s4)n3c2)cn1. The van der Waals surface area contributed by atoms with Crippen molar-refractivity contribution in [2.24, 2.45) is 16.8 Å². The third kappa shape index (κ3) is 4.66. The fraction of sp³-hybridized carbons (Fsp3) is 0.150. The van der Waals surface area contributed by atoms with Crippen LogP contribution in [0.25, 0.3) is 16.2 Å². The largest absolute Gasteiger partial charge is 0.348 e. The number of amidine groups is 1. The predicted molar refractivity (Wildman–Crippen MR) is 126 cm³/mol. The van der Waals surface area contributed by atoms with Crippen molar-refractivity contribution in [1.29, 1.82) is 0 Å². The highest BCUT2D eigenvalue weighted by Gasteiger charge is 2.25. The second kappa shape index (κ2) is 9.67. The Morgan fingerprint density at radius 3 is 2.65 bits per heavy atom. The van der Waals surface area contributed by atoms with E-state index in [9.17, 15) is 13.6 Å². The van der Waals surface area contributed by atoms with E-state index in [-0.39, 0.29) is 23.4 Å². The van der Waals surface area contributed by atoms with Gasteiger partial charge in [-0.3, -0.25) is 14.2 Å². The highest BCUT2D eigenvalue weighted by molar-refractivity contribution is 7.19. The Balaban J connectivity index is 1.77. The second-order valence-electron chi connectivity index (χ2n) is 7.03. The van der Waals surface area contributed by atoms with Gasteiger partial charge in [0.2, 0.25) is 5.84 Å². The standard InChI is InChI=1S/C20H18ClF2N9OS/c1-10-26-5-11(6-27-10)7-29-20(33)12-4-13(32(25)19(30-24)17(22)23)18-28-8-14(31(18)9-12)15-2-3-16(21)34-15/h2-6,8-9,17H,7,24-25H2,1H3,(H,29,33)/b30-19-. The van der Waals surface area contributed by atoms with Crippen LogP contribution in [0.3, 0.4) is 0 Å². The molecule has 0 aromatic carbocycles. The highest BCUT2D eigenvalue weighted by atomic mass is 35.5. The van der Waals surface area contributed by atoms with Crippen LogP contribution in [-0.4, -0.2) is 37.5 Å². The van der Waals surface area contributed by atoms with E-state index >= 15 is 0 Å². The molecule has 34 heavy (non-hydrogen) atoms. The van der Waals surface area contributed by atoms with E-state index < -0.39 is 18.2 Å². The monoisotopic (exact) mass is 505 g/mol. The van der Waals surface area contributed by atoms with Crippen LogP contribution in [0.2, 0.25) is 4.34 Å². The van der Waals surface area contributed by atoms with Gasteiger partial charge in [-0.1, -0.05) is 11.6 Å². The lowest BCUT2D eigenvalue weighted by Crippen LogP contribution is -2.43. The molecule has 1 amide bonds. The molecule has 0 saturated heterocycles. The number of aromatic nitrogens is 4. The molecular formula is C20H18ClF2N9OS. The number of alkyl halides is 2. The Labute approximate surface area is 200 Å². The highest BCUT2D eigenvalue weighted by Crippen LogP contribution is 2.33. The summed E-state index contributed by atoms with van der Waals surface area (Å²) >= 11 is 7.36. The molecule has 0 aliphatic heterocycles. The number of fused-ring (bicyclic) bond motifs is 1. The molecule has 0 fully saturated rings. The Morgan fingerprint density at radius 2 is 2.03 bits per heavy atom. The van der Waals surface area contributed by atoms with Crippen LogP contribution in [0.5, 0.6) is 0 Å². The molecule has 0 radical (unpaired) electrons. The van der Waals surface area contributed by atoms with Gasteiger partial charge in [-0.15, -0.1) is 11.3 Å². The lowest BCUT2D eigenvalue weighted by molar-refractivity contribution is 0.0950. The van der Waals surface area contributed by atoms with Crippen LogP contribution in [0.4, 0.5) is 14.5 Å². The lowest BCUT2D eigenvalue weighted by atomic mass is 10.2. The smallest absolute Gasteiger partial charge is 0.298 e. The van der Waals surface area contributed by atoms with Crippen molar-refractivity contribution in [2.45, 2.75) is 19.9 Å². The Bertz CT molecular complexity index is 1370. The van der Waals surface area contributed by atoms with Crippen LogP contribution in [0.15, 0.2) is 48.1 Å². The maximum Gasteiger partial charge on any atom is 0.298 e. The number of imidazole rings is 1. The van der Waals surface area contributed by atoms with Gasteiger partial charge in [0.1, 0.15) is 11.5 Å². The Morgan fingerprint density at radius 1 is 1.29 bits per heavy atom. The number of thiophene rings is 1. The van der Waals surface area contributed by atoms with E-state index in [2.05, 4.69) is 25.4 Å². The average molecular weight is 506 g/mol. The van der Waals surface area contributed by atoms with Gasteiger partial charge in [0, 0.05) is 30.7 Å². The minimum absolute atomic E-state index is 0.00437. The molecule has 0 aliphatic carbocycles. The molecule has 176 valence electrons. The molecule has 4 heterocycles. The van der Waals surface area contributed by atoms with Gasteiger partial charge in [-0.25, -0.2) is 29.6 Å². The molecular weight excluding hydrogens is 488 g/mol. The van der Waals surface area contributed by atoms with Crippen molar-refractivity contribution in [1.82, 2.24) is 24.7 Å². The summed E-state index contributed by atoms with van der Waals surface area (Å²) in [6.07, 6.45) is 3.20. The zero-order valence-electron chi connectivity index (χ0n) is 17.6. The third-order valence-electron chi connectivity index (χ3n) is 4.80. The number of pyridine rings is 1. The predicted octanol–water partition coefficient (Wildman–Crippen LogP) is 2.96. The number of anilines is 1. The number of amides is 1. The van der Waals surface area contributed by atoms with E-state index in [0.717, 1.165) is 4.88 Å². The van der Waals surface area contributed by atoms with Crippen LogP contribution in [0.1, 0.15) is 21.7 Å². The van der Waals surface area contributed by atoms with Crippen LogP contribution < -0.4 is 22.0 Å². The summed E-state index contributed by atoms with van der Waals surface area (Å²) in [6, 6.07) is 4.84. The second-order valence-corrected chi connectivity index (χ2v) is 8.75. The quantitative estimate of drug-likeness (QED) is 0.158. The van der Waals surface area contributed by atoms with Gasteiger partial charge in [0.25, 0.3) is 12.3 Å². The van der Waals surface area contributed by atoms with Crippen LogP contribution >= 0.6 is 22.9 Å². The third-order valence-corrected chi connectivity index (χ3v) is 6.05. The maximum atomic E-state index is 13.4. The number of hydrogen-bond acceptors (Lipinski definition) is 8. The topological polar surface area (TPSA) is 140 Å². The van der Waals surface area contributed by atoms with Crippen LogP contribution in [0, 0.1) is 6.92 Å². The number of nitrogens with zero attached hydrogens (tertiary/aromatic N) is 6. The fourth-order valence-corrected chi connectivity index (χ4v) is 4.20. The van der Waals surface area contributed by atoms with E-state index in [1.165, 1.54) is 29.8 Å². The van der Waals surface area contributed by atoms with Crippen molar-refractivity contribution in [2.75, 3.05) is 5.01 Å². The zero-order valence-corrected chi connectivity index (χ0v) is 19.2. The first-order valence-electron chi connectivity index (χ1n) is 9.71. The molecule has 10 nitrogen and oxygen atoms in total. The number of nitrogens with one attached hydrogen (secondary N) is 1. The summed E-state index contributed by atoms with van der Waals surface area (Å²) in [6.45, 7) is 1.90. The summed E-state index contributed by atoms with van der Waals surface area (Å²) in [7, 11) is 0. The number of carbonyl (C=O) groups excluding carboxylic acids is 1. The first-order chi connectivity index (χ1) is 16.3. The van der Waals surface area contributed by atoms with Crippen molar-refractivity contribution in [3.8, 4) is 10.6 Å². The van der Waals surface area contributed by atoms with E-state index in [4.69, 9.17) is 23.3 Å². The first kappa shape index (κ1) is 23.5. The number of carbonyl (C=O) groups is 1. The average Bonchev–Trinajstić information content (AvgIpc) is 3.43. The molecule has 0 spiro atoms. The number of hydrazone groups is 1. The maximum absolute atomic E-state index is 13.4. The minimum atomic E-state index is -3.06. The molecule has 14 heteroatoms. The number of rotatable bonds is 6. The van der Waals surface area contributed by atoms with Crippen molar-refractivity contribution in [3.05, 3.63) is 64.3 Å². The summed E-state index contributed by atoms with van der Waals surface area (Å²) in [5.74, 6) is 10.3. The fourth-order valence-electron chi connectivity index (χ4n) is 3.15. The summed E-state index contributed by atoms with van der Waals surface area (Å²) in [4.78, 5) is 26.2. The summed E-state index contributed by atoms with van der Waals surface area (Å²) in [5, 5.41) is 6.46. The Hall–Kier alpha value is -3.68. The lowest BCUT2D eigenvalue weighted by Gasteiger charge is -2.21. The number of hydrazine groups is 1. The molecule has 4 aromatic heterocycles. The van der Waals surface area contributed by atoms with Crippen molar-refractivity contribution in [3.63, 3.8) is 0 Å². The molecule has 0 atom stereocenters. The number of aryl methyl sites for hydroxylation is 1. The van der Waals surface area contributed by atoms with E-state index in [0.29, 0.717) is 26.4 Å². The van der Waals surface area contributed by atoms with Gasteiger partial charge < -0.3 is 11.2 Å². The number of nitrogens with two attached hydrogens (primary N) is 2. The molecule has 4 aromatic rings. The zero-order chi connectivity index (χ0) is 24.4. The van der Waals surface area contributed by atoms with Gasteiger partial charge in [0.05, 0.1) is 26.7 Å². The summed E-state index contributed by atoms with van der Waals surface area (Å²) < 4.78 is 29.0. The number of hydrogen-bond donors (Lipinski definition) is 3. The molecule has 4 rings (SSSR count). The Kier molecular flexibility index (Phi) is 6.68. The first-order valence-corrected chi connectivity index (χ1v) is 10.9. The van der Waals surface area contributed by atoms with Gasteiger partial charge in [-0.2, -0.15) is 5.10 Å². The van der Waals surface area contributed by atoms with Gasteiger partial charge in [0.15, 0.2) is 5.65 Å². The van der Waals surface area contributed by atoms with Crippen molar-refractivity contribution < 1.29 is 13.6 Å². The van der Waals surface area contributed by atoms with E-state index in [1.807, 2.05) is 0 Å². The molecule has 5 N–H and O–H groups in total. The number of halogens is 3. The van der Waals surface area contributed by atoms with Gasteiger partial charge in [-0.05, 0) is 25.1 Å². The van der Waals surface area contributed by atoms with E-state index in [1.54, 1.807) is 35.9 Å². The summed E-state index contributed by atoms with van der Waals surface area (Å²) in [5.41, 5.74) is 1.63. The molecule has 0 saturated carbocycles.